The smallest absolute Gasteiger partial charge is 0.0964 e. The van der Waals surface area contributed by atoms with Crippen LogP contribution in [0, 0.1) is 45.3 Å². The number of nitriles is 4. The first kappa shape index (κ1) is 18.4. The normalized spacial score (nSPS) is 18.2. The summed E-state index contributed by atoms with van der Waals surface area (Å²) in [6.07, 6.45) is 4.45. The largest absolute Gasteiger partial charge is 0.193 e. The third-order valence-electron chi connectivity index (χ3n) is 4.74. The van der Waals surface area contributed by atoms with E-state index in [4.69, 9.17) is 10.5 Å². The molecule has 0 aliphatic heterocycles. The predicted octanol–water partition coefficient (Wildman–Crippen LogP) is 4.90. The Labute approximate surface area is 163 Å². The van der Waals surface area contributed by atoms with E-state index in [1.165, 1.54) is 12.2 Å². The van der Waals surface area contributed by atoms with Crippen LogP contribution in [0.4, 0.5) is 0 Å². The Morgan fingerprint density at radius 2 is 1.14 bits per heavy atom. The third-order valence-corrected chi connectivity index (χ3v) is 4.74. The summed E-state index contributed by atoms with van der Waals surface area (Å²) in [4.78, 5) is 0. The van der Waals surface area contributed by atoms with Crippen LogP contribution in [0.25, 0.3) is 6.08 Å². The van der Waals surface area contributed by atoms with Gasteiger partial charge in [0.2, 0.25) is 0 Å². The molecule has 2 aromatic carbocycles. The van der Waals surface area contributed by atoms with Gasteiger partial charge in [-0.05, 0) is 22.3 Å². The maximum atomic E-state index is 9.68. The van der Waals surface area contributed by atoms with Crippen LogP contribution >= 0.6 is 0 Å². The molecule has 0 fully saturated rings. The molecule has 4 heteroatoms. The molecular formula is C24H14N4. The van der Waals surface area contributed by atoms with Crippen molar-refractivity contribution >= 4 is 6.08 Å². The van der Waals surface area contributed by atoms with Crippen molar-refractivity contribution in [3.63, 3.8) is 0 Å². The lowest BCUT2D eigenvalue weighted by molar-refractivity contribution is 0.925. The molecule has 0 bridgehead atoms. The Balaban J connectivity index is 2.34. The molecule has 2 unspecified atom stereocenters. The molecule has 130 valence electrons. The molecule has 4 nitrogen and oxygen atoms in total. The van der Waals surface area contributed by atoms with Gasteiger partial charge in [-0.25, -0.2) is 0 Å². The standard InChI is InChI=1S/C24H14N4/c25-12-10-18(15-27)23-20-8-4-5-9-21(20)24(19(16-28)11-13-26)22(23)14-17-6-2-1-3-7-17/h1-11,14,23-24H. The minimum absolute atomic E-state index is 0.314. The van der Waals surface area contributed by atoms with Crippen molar-refractivity contribution in [1.82, 2.24) is 0 Å². The quantitative estimate of drug-likeness (QED) is 0.729. The first-order valence-corrected chi connectivity index (χ1v) is 8.60. The molecule has 28 heavy (non-hydrogen) atoms. The molecule has 3 rings (SSSR count). The summed E-state index contributed by atoms with van der Waals surface area (Å²) >= 11 is 0. The Kier molecular flexibility index (Phi) is 5.48. The second-order valence-corrected chi connectivity index (χ2v) is 6.23. The zero-order valence-electron chi connectivity index (χ0n) is 14.9. The van der Waals surface area contributed by atoms with Crippen molar-refractivity contribution in [3.05, 3.63) is 100 Å². The Hall–Kier alpha value is -4.38. The van der Waals surface area contributed by atoms with E-state index in [9.17, 15) is 10.5 Å². The van der Waals surface area contributed by atoms with Crippen LogP contribution in [0.1, 0.15) is 28.5 Å². The van der Waals surface area contributed by atoms with E-state index in [1.54, 1.807) is 0 Å². The van der Waals surface area contributed by atoms with Crippen LogP contribution in [-0.2, 0) is 0 Å². The van der Waals surface area contributed by atoms with Crippen molar-refractivity contribution in [3.8, 4) is 24.3 Å². The number of benzene rings is 2. The molecule has 1 aliphatic rings. The highest BCUT2D eigenvalue weighted by molar-refractivity contribution is 5.71. The van der Waals surface area contributed by atoms with Crippen LogP contribution in [0.2, 0.25) is 0 Å². The Morgan fingerprint density at radius 3 is 1.57 bits per heavy atom. The molecule has 2 atom stereocenters. The monoisotopic (exact) mass is 358 g/mol. The summed E-state index contributed by atoms with van der Waals surface area (Å²) < 4.78 is 0. The van der Waals surface area contributed by atoms with Crippen molar-refractivity contribution in [2.45, 2.75) is 11.8 Å². The molecule has 0 amide bonds. The molecule has 2 aromatic rings. The van der Waals surface area contributed by atoms with Crippen LogP contribution in [0.5, 0.6) is 0 Å². The van der Waals surface area contributed by atoms with Gasteiger partial charge in [0.25, 0.3) is 0 Å². The summed E-state index contributed by atoms with van der Waals surface area (Å²) in [6.45, 7) is 0. The first-order chi connectivity index (χ1) is 13.7. The number of hydrogen-bond acceptors (Lipinski definition) is 4. The van der Waals surface area contributed by atoms with E-state index in [-0.39, 0.29) is 0 Å². The Bertz CT molecular complexity index is 1090. The summed E-state index contributed by atoms with van der Waals surface area (Å²) in [7, 11) is 0. The topological polar surface area (TPSA) is 95.2 Å². The van der Waals surface area contributed by atoms with E-state index in [1.807, 2.05) is 72.8 Å². The molecule has 0 N–H and O–H groups in total. The van der Waals surface area contributed by atoms with Crippen LogP contribution in [0.3, 0.4) is 0 Å². The first-order valence-electron chi connectivity index (χ1n) is 8.60. The number of allylic oxidation sites excluding steroid dienone is 5. The molecule has 0 aromatic heterocycles. The zero-order chi connectivity index (χ0) is 19.9. The number of rotatable bonds is 3. The third kappa shape index (κ3) is 3.32. The van der Waals surface area contributed by atoms with Crippen LogP contribution < -0.4 is 0 Å². The summed E-state index contributed by atoms with van der Waals surface area (Å²) in [5.74, 6) is -0.886. The number of fused-ring (bicyclic) bond motifs is 1. The van der Waals surface area contributed by atoms with Gasteiger partial charge in [0.05, 0.1) is 35.4 Å². The lowest BCUT2D eigenvalue weighted by Crippen LogP contribution is -2.04. The average Bonchev–Trinajstić information content (AvgIpc) is 3.04. The maximum absolute atomic E-state index is 9.68. The molecular weight excluding hydrogens is 344 g/mol. The van der Waals surface area contributed by atoms with Gasteiger partial charge in [-0.1, -0.05) is 60.7 Å². The fourth-order valence-electron chi connectivity index (χ4n) is 3.66. The summed E-state index contributed by atoms with van der Waals surface area (Å²) in [5, 5.41) is 37.7. The highest BCUT2D eigenvalue weighted by Crippen LogP contribution is 2.52. The van der Waals surface area contributed by atoms with Gasteiger partial charge in [-0.3, -0.25) is 0 Å². The van der Waals surface area contributed by atoms with Crippen molar-refractivity contribution in [2.24, 2.45) is 0 Å². The van der Waals surface area contributed by atoms with Crippen molar-refractivity contribution in [2.75, 3.05) is 0 Å². The highest BCUT2D eigenvalue weighted by atomic mass is 14.4. The van der Waals surface area contributed by atoms with E-state index in [2.05, 4.69) is 12.1 Å². The molecule has 0 saturated heterocycles. The fourth-order valence-corrected chi connectivity index (χ4v) is 3.66. The molecule has 0 spiro atoms. The molecule has 0 saturated carbocycles. The van der Waals surface area contributed by atoms with E-state index >= 15 is 0 Å². The van der Waals surface area contributed by atoms with Gasteiger partial charge in [-0.15, -0.1) is 0 Å². The minimum atomic E-state index is -0.443. The van der Waals surface area contributed by atoms with Crippen molar-refractivity contribution in [1.29, 1.82) is 21.0 Å². The van der Waals surface area contributed by atoms with Gasteiger partial charge in [0, 0.05) is 24.0 Å². The lowest BCUT2D eigenvalue weighted by Gasteiger charge is -2.17. The fraction of sp³-hybridized carbons (Fsp3) is 0.0833. The maximum Gasteiger partial charge on any atom is 0.0964 e. The lowest BCUT2D eigenvalue weighted by atomic mass is 9.84. The zero-order valence-corrected chi connectivity index (χ0v) is 14.9. The SMILES string of the molecule is N#CC=C(C#N)C1C(=Cc2ccccc2)C(C(C#N)=CC#N)c2ccccc21. The van der Waals surface area contributed by atoms with Gasteiger partial charge < -0.3 is 0 Å². The van der Waals surface area contributed by atoms with Crippen LogP contribution in [0.15, 0.2) is 83.5 Å². The average molecular weight is 358 g/mol. The van der Waals surface area contributed by atoms with E-state index < -0.39 is 11.8 Å². The van der Waals surface area contributed by atoms with Gasteiger partial charge in [-0.2, -0.15) is 21.0 Å². The Morgan fingerprint density at radius 1 is 0.679 bits per heavy atom. The predicted molar refractivity (Wildman–Crippen MR) is 105 cm³/mol. The molecule has 0 radical (unpaired) electrons. The number of hydrogen-bond donors (Lipinski definition) is 0. The summed E-state index contributed by atoms with van der Waals surface area (Å²) in [6, 6.07) is 25.3. The van der Waals surface area contributed by atoms with Gasteiger partial charge >= 0.3 is 0 Å². The minimum Gasteiger partial charge on any atom is -0.193 e. The second-order valence-electron chi connectivity index (χ2n) is 6.23. The second kappa shape index (κ2) is 8.33. The van der Waals surface area contributed by atoms with Crippen LogP contribution in [-0.4, -0.2) is 0 Å². The number of nitrogens with zero attached hydrogens (tertiary/aromatic N) is 4. The van der Waals surface area contributed by atoms with E-state index in [0.29, 0.717) is 11.1 Å². The highest BCUT2D eigenvalue weighted by Gasteiger charge is 2.39. The van der Waals surface area contributed by atoms with Gasteiger partial charge in [0.1, 0.15) is 0 Å². The van der Waals surface area contributed by atoms with E-state index in [0.717, 1.165) is 22.3 Å². The van der Waals surface area contributed by atoms with Gasteiger partial charge in [0.15, 0.2) is 0 Å². The molecule has 1 aliphatic carbocycles. The molecule has 0 heterocycles. The summed E-state index contributed by atoms with van der Waals surface area (Å²) in [5.41, 5.74) is 4.10. The van der Waals surface area contributed by atoms with Crippen molar-refractivity contribution < 1.29 is 0 Å².